The summed E-state index contributed by atoms with van der Waals surface area (Å²) >= 11 is 0. The standard InChI is InChI=1S/C17H19F3N4O2.CH2O2/c1-24-10-2-3-11(24)7-9(6-10)21-16(25)15-13-5-4-12(26-17(18,19)20)8-14(13)22-23-15;2-1-3/h4-5,8-11H,2-3,6-7H2,1H3,(H,21,25)(H,22,23);1H,(H,2,3). The normalized spacial score (nSPS) is 23.9. The lowest BCUT2D eigenvalue weighted by molar-refractivity contribution is -0.274. The van der Waals surface area contributed by atoms with E-state index >= 15 is 0 Å². The number of nitrogens with zero attached hydrogens (tertiary/aromatic N) is 2. The summed E-state index contributed by atoms with van der Waals surface area (Å²) in [6.45, 7) is -0.250. The van der Waals surface area contributed by atoms with E-state index in [4.69, 9.17) is 9.90 Å². The molecule has 1 aromatic carbocycles. The van der Waals surface area contributed by atoms with Gasteiger partial charge in [0.1, 0.15) is 5.75 Å². The lowest BCUT2D eigenvalue weighted by Gasteiger charge is -2.36. The van der Waals surface area contributed by atoms with Gasteiger partial charge in [-0.3, -0.25) is 14.7 Å². The van der Waals surface area contributed by atoms with Gasteiger partial charge in [0.2, 0.25) is 0 Å². The Morgan fingerprint density at radius 1 is 1.34 bits per heavy atom. The summed E-state index contributed by atoms with van der Waals surface area (Å²) in [5, 5.41) is 17.0. The number of ether oxygens (including phenoxy) is 1. The lowest BCUT2D eigenvalue weighted by atomic mass is 9.98. The molecule has 11 heteroatoms. The first-order chi connectivity index (χ1) is 13.7. The highest BCUT2D eigenvalue weighted by Gasteiger charge is 2.39. The van der Waals surface area contributed by atoms with Crippen molar-refractivity contribution in [3.05, 3.63) is 23.9 Å². The summed E-state index contributed by atoms with van der Waals surface area (Å²) in [7, 11) is 2.13. The third-order valence-corrected chi connectivity index (χ3v) is 5.42. The zero-order chi connectivity index (χ0) is 21.2. The molecule has 4 rings (SSSR count). The van der Waals surface area contributed by atoms with E-state index in [1.807, 2.05) is 0 Å². The Kier molecular flexibility index (Phi) is 5.96. The van der Waals surface area contributed by atoms with Crippen molar-refractivity contribution >= 4 is 23.3 Å². The Morgan fingerprint density at radius 2 is 1.97 bits per heavy atom. The average Bonchev–Trinajstić information content (AvgIpc) is 3.11. The number of H-pyrrole nitrogens is 1. The Labute approximate surface area is 164 Å². The predicted molar refractivity (Wildman–Crippen MR) is 96.5 cm³/mol. The minimum absolute atomic E-state index is 0.0933. The highest BCUT2D eigenvalue weighted by atomic mass is 19.4. The highest BCUT2D eigenvalue weighted by Crippen LogP contribution is 2.34. The van der Waals surface area contributed by atoms with Crippen LogP contribution in [0.2, 0.25) is 0 Å². The molecule has 3 N–H and O–H groups in total. The number of aromatic amines is 1. The molecule has 158 valence electrons. The topological polar surface area (TPSA) is 108 Å². The third kappa shape index (κ3) is 4.78. The molecule has 29 heavy (non-hydrogen) atoms. The van der Waals surface area contributed by atoms with Crippen LogP contribution in [0.15, 0.2) is 18.2 Å². The molecule has 3 heterocycles. The van der Waals surface area contributed by atoms with Crippen molar-refractivity contribution in [3.8, 4) is 5.75 Å². The Morgan fingerprint density at radius 3 is 2.55 bits per heavy atom. The fourth-order valence-electron chi connectivity index (χ4n) is 4.15. The van der Waals surface area contributed by atoms with E-state index in [2.05, 4.69) is 32.2 Å². The van der Waals surface area contributed by atoms with Crippen LogP contribution in [0, 0.1) is 0 Å². The summed E-state index contributed by atoms with van der Waals surface area (Å²) in [6.07, 6.45) is -0.640. The fraction of sp³-hybridized carbons (Fsp3) is 0.500. The number of carbonyl (C=O) groups is 2. The van der Waals surface area contributed by atoms with Gasteiger partial charge >= 0.3 is 6.36 Å². The molecule has 2 aliphatic rings. The van der Waals surface area contributed by atoms with Crippen LogP contribution >= 0.6 is 0 Å². The Bertz CT molecular complexity index is 872. The molecule has 2 atom stereocenters. The highest BCUT2D eigenvalue weighted by molar-refractivity contribution is 6.05. The number of carbonyl (C=O) groups excluding carboxylic acids is 1. The minimum Gasteiger partial charge on any atom is -0.483 e. The van der Waals surface area contributed by atoms with Gasteiger partial charge < -0.3 is 20.1 Å². The molecule has 0 saturated carbocycles. The molecule has 2 aromatic rings. The molecular formula is C18H21F3N4O4. The largest absolute Gasteiger partial charge is 0.573 e. The van der Waals surface area contributed by atoms with E-state index in [1.165, 1.54) is 18.2 Å². The summed E-state index contributed by atoms with van der Waals surface area (Å²) < 4.78 is 40.8. The zero-order valence-electron chi connectivity index (χ0n) is 15.6. The van der Waals surface area contributed by atoms with E-state index in [9.17, 15) is 18.0 Å². The summed E-state index contributed by atoms with van der Waals surface area (Å²) in [5.74, 6) is -0.665. The summed E-state index contributed by atoms with van der Waals surface area (Å²) in [6, 6.07) is 4.86. The van der Waals surface area contributed by atoms with Crippen LogP contribution in [0.4, 0.5) is 13.2 Å². The monoisotopic (exact) mass is 414 g/mol. The number of benzene rings is 1. The number of piperidine rings is 1. The van der Waals surface area contributed by atoms with Crippen LogP contribution in [0.5, 0.6) is 5.75 Å². The molecule has 1 aromatic heterocycles. The molecule has 1 amide bonds. The third-order valence-electron chi connectivity index (χ3n) is 5.42. The molecule has 2 fully saturated rings. The number of alkyl halides is 3. The van der Waals surface area contributed by atoms with Crippen LogP contribution in [0.3, 0.4) is 0 Å². The van der Waals surface area contributed by atoms with Crippen molar-refractivity contribution in [1.29, 1.82) is 0 Å². The van der Waals surface area contributed by atoms with Crippen LogP contribution in [0.25, 0.3) is 10.9 Å². The average molecular weight is 414 g/mol. The second kappa shape index (κ2) is 8.27. The molecule has 2 aliphatic heterocycles. The molecule has 0 radical (unpaired) electrons. The van der Waals surface area contributed by atoms with E-state index < -0.39 is 6.36 Å². The second-order valence-corrected chi connectivity index (χ2v) is 7.13. The first-order valence-corrected chi connectivity index (χ1v) is 9.06. The molecule has 2 saturated heterocycles. The number of fused-ring (bicyclic) bond motifs is 3. The number of rotatable bonds is 3. The van der Waals surface area contributed by atoms with Gasteiger partial charge in [-0.25, -0.2) is 0 Å². The molecule has 2 unspecified atom stereocenters. The van der Waals surface area contributed by atoms with E-state index in [-0.39, 0.29) is 29.9 Å². The fourth-order valence-corrected chi connectivity index (χ4v) is 4.15. The molecule has 0 aliphatic carbocycles. The molecule has 8 nitrogen and oxygen atoms in total. The smallest absolute Gasteiger partial charge is 0.483 e. The van der Waals surface area contributed by atoms with Gasteiger partial charge in [-0.1, -0.05) is 0 Å². The van der Waals surface area contributed by atoms with Gasteiger partial charge in [0.25, 0.3) is 12.4 Å². The van der Waals surface area contributed by atoms with Crippen LogP contribution in [-0.4, -0.2) is 64.1 Å². The summed E-state index contributed by atoms with van der Waals surface area (Å²) in [4.78, 5) is 23.3. The van der Waals surface area contributed by atoms with Gasteiger partial charge in [-0.15, -0.1) is 13.2 Å². The molecule has 2 bridgehead atoms. The van der Waals surface area contributed by atoms with Gasteiger partial charge in [0.05, 0.1) is 5.52 Å². The van der Waals surface area contributed by atoms with Crippen LogP contribution in [-0.2, 0) is 4.79 Å². The van der Waals surface area contributed by atoms with Crippen molar-refractivity contribution in [3.63, 3.8) is 0 Å². The number of aromatic nitrogens is 2. The van der Waals surface area contributed by atoms with Crippen LogP contribution in [0.1, 0.15) is 36.2 Å². The molecule has 0 spiro atoms. The maximum absolute atomic E-state index is 12.6. The number of carboxylic acid groups (broad SMARTS) is 1. The quantitative estimate of drug-likeness (QED) is 0.667. The first kappa shape index (κ1) is 20.9. The van der Waals surface area contributed by atoms with E-state index in [1.54, 1.807) is 0 Å². The number of halogens is 3. The van der Waals surface area contributed by atoms with Crippen molar-refractivity contribution < 1.29 is 32.6 Å². The van der Waals surface area contributed by atoms with Gasteiger partial charge in [-0.2, -0.15) is 5.10 Å². The Balaban J connectivity index is 0.000000755. The second-order valence-electron chi connectivity index (χ2n) is 7.13. The van der Waals surface area contributed by atoms with Crippen molar-refractivity contribution in [1.82, 2.24) is 20.4 Å². The van der Waals surface area contributed by atoms with Crippen molar-refractivity contribution in [2.45, 2.75) is 50.2 Å². The number of nitrogens with one attached hydrogen (secondary N) is 2. The zero-order valence-corrected chi connectivity index (χ0v) is 15.6. The maximum Gasteiger partial charge on any atom is 0.573 e. The lowest BCUT2D eigenvalue weighted by Crippen LogP contribution is -2.48. The van der Waals surface area contributed by atoms with E-state index in [0.29, 0.717) is 23.0 Å². The van der Waals surface area contributed by atoms with Gasteiger partial charge in [0.15, 0.2) is 5.69 Å². The molecular weight excluding hydrogens is 393 g/mol. The predicted octanol–water partition coefficient (Wildman–Crippen LogP) is 2.52. The van der Waals surface area contributed by atoms with Crippen LogP contribution < -0.4 is 10.1 Å². The maximum atomic E-state index is 12.6. The first-order valence-electron chi connectivity index (χ1n) is 9.06. The Hall–Kier alpha value is -2.82. The van der Waals surface area contributed by atoms with E-state index in [0.717, 1.165) is 25.7 Å². The minimum atomic E-state index is -4.76. The van der Waals surface area contributed by atoms with Gasteiger partial charge in [0, 0.05) is 29.6 Å². The van der Waals surface area contributed by atoms with Crippen molar-refractivity contribution in [2.75, 3.05) is 7.05 Å². The SMILES string of the molecule is CN1C2CCC1CC(NC(=O)c1n[nH]c3cc(OC(F)(F)F)ccc13)C2.O=CO. The number of hydrogen-bond acceptors (Lipinski definition) is 5. The van der Waals surface area contributed by atoms with Gasteiger partial charge in [-0.05, 0) is 44.9 Å². The number of hydrogen-bond donors (Lipinski definition) is 3. The number of amides is 1. The van der Waals surface area contributed by atoms with Crippen molar-refractivity contribution in [2.24, 2.45) is 0 Å². The summed E-state index contributed by atoms with van der Waals surface area (Å²) in [5.41, 5.74) is 0.505.